The van der Waals surface area contributed by atoms with Gasteiger partial charge in [0.05, 0.1) is 18.2 Å². The summed E-state index contributed by atoms with van der Waals surface area (Å²) in [5.41, 5.74) is 2.01. The van der Waals surface area contributed by atoms with Gasteiger partial charge in [-0.3, -0.25) is 0 Å². The van der Waals surface area contributed by atoms with E-state index in [0.29, 0.717) is 6.54 Å². The van der Waals surface area contributed by atoms with Crippen LogP contribution in [-0.2, 0) is 0 Å². The lowest BCUT2D eigenvalue weighted by Crippen LogP contribution is -2.53. The summed E-state index contributed by atoms with van der Waals surface area (Å²) in [6.45, 7) is 2.63. The molecule has 1 aromatic rings. The minimum atomic E-state index is -0.430. The van der Waals surface area contributed by atoms with Crippen molar-refractivity contribution in [3.63, 3.8) is 0 Å². The van der Waals surface area contributed by atoms with Crippen molar-refractivity contribution in [2.75, 3.05) is 27.2 Å². The fraction of sp³-hybridized carbons (Fsp3) is 0.611. The molecule has 1 fully saturated rings. The average Bonchev–Trinajstić information content (AvgIpc) is 2.98. The molecule has 1 aliphatic carbocycles. The molecule has 23 heavy (non-hydrogen) atoms. The number of aliphatic hydroxyl groups excluding tert-OH is 1. The van der Waals surface area contributed by atoms with E-state index < -0.39 is 5.54 Å². The first-order valence-electron chi connectivity index (χ1n) is 8.36. The first-order valence-corrected chi connectivity index (χ1v) is 8.36. The van der Waals surface area contributed by atoms with Crippen LogP contribution in [-0.4, -0.2) is 48.8 Å². The van der Waals surface area contributed by atoms with Gasteiger partial charge in [0.25, 0.3) is 0 Å². The van der Waals surface area contributed by atoms with Gasteiger partial charge in [-0.1, -0.05) is 37.1 Å². The lowest BCUT2D eigenvalue weighted by molar-refractivity contribution is 0.161. The van der Waals surface area contributed by atoms with E-state index in [4.69, 9.17) is 0 Å². The Balaban J connectivity index is 1.96. The minimum Gasteiger partial charge on any atom is -0.394 e. The summed E-state index contributed by atoms with van der Waals surface area (Å²) in [5, 5.41) is 15.6. The number of amides is 2. The van der Waals surface area contributed by atoms with Gasteiger partial charge in [0.15, 0.2) is 0 Å². The highest BCUT2D eigenvalue weighted by atomic mass is 16.3. The normalized spacial score (nSPS) is 18.0. The van der Waals surface area contributed by atoms with E-state index in [0.717, 1.165) is 25.7 Å². The first kappa shape index (κ1) is 17.8. The summed E-state index contributed by atoms with van der Waals surface area (Å²) in [5.74, 6) is 0. The Labute approximate surface area is 139 Å². The van der Waals surface area contributed by atoms with Gasteiger partial charge in [0.2, 0.25) is 0 Å². The highest BCUT2D eigenvalue weighted by molar-refractivity contribution is 5.75. The maximum atomic E-state index is 12.3. The van der Waals surface area contributed by atoms with E-state index in [1.807, 2.05) is 26.2 Å². The van der Waals surface area contributed by atoms with Crippen LogP contribution >= 0.6 is 0 Å². The van der Waals surface area contributed by atoms with Gasteiger partial charge in [-0.2, -0.15) is 0 Å². The van der Waals surface area contributed by atoms with Gasteiger partial charge in [0.1, 0.15) is 0 Å². The highest BCUT2D eigenvalue weighted by Crippen LogP contribution is 2.29. The van der Waals surface area contributed by atoms with Crippen LogP contribution in [0.5, 0.6) is 0 Å². The number of carbonyl (C=O) groups is 1. The van der Waals surface area contributed by atoms with Crippen LogP contribution in [0.1, 0.15) is 42.9 Å². The molecule has 3 N–H and O–H groups in total. The molecule has 0 aliphatic heterocycles. The minimum absolute atomic E-state index is 0.00925. The summed E-state index contributed by atoms with van der Waals surface area (Å²) >= 11 is 0. The number of benzene rings is 1. The third-order valence-electron chi connectivity index (χ3n) is 4.87. The number of aliphatic hydroxyl groups is 1. The molecule has 2 amide bonds. The second kappa shape index (κ2) is 7.79. The smallest absolute Gasteiger partial charge is 0.315 e. The Hall–Kier alpha value is -1.59. The molecule has 0 bridgehead atoms. The predicted octanol–water partition coefficient (Wildman–Crippen LogP) is 2.20. The quantitative estimate of drug-likeness (QED) is 0.753. The molecule has 0 heterocycles. The van der Waals surface area contributed by atoms with Crippen molar-refractivity contribution < 1.29 is 9.90 Å². The standard InChI is InChI=1S/C18H29N3O2/c1-14-8-4-5-9-15(14)16(21(2)3)12-19-17(23)20-18(13-22)10-6-7-11-18/h4-5,8-9,16,22H,6-7,10-13H2,1-3H3,(H2,19,20,23). The van der Waals surface area contributed by atoms with Crippen molar-refractivity contribution in [2.45, 2.75) is 44.2 Å². The molecule has 1 aromatic carbocycles. The third kappa shape index (κ3) is 4.45. The van der Waals surface area contributed by atoms with Gasteiger partial charge in [-0.15, -0.1) is 0 Å². The number of rotatable bonds is 6. The first-order chi connectivity index (χ1) is 11.0. The molecule has 0 spiro atoms. The van der Waals surface area contributed by atoms with Crippen molar-refractivity contribution in [3.05, 3.63) is 35.4 Å². The van der Waals surface area contributed by atoms with Crippen LogP contribution in [0.2, 0.25) is 0 Å². The van der Waals surface area contributed by atoms with Crippen molar-refractivity contribution in [3.8, 4) is 0 Å². The summed E-state index contributed by atoms with van der Waals surface area (Å²) < 4.78 is 0. The van der Waals surface area contributed by atoms with Gasteiger partial charge in [-0.25, -0.2) is 4.79 Å². The third-order valence-corrected chi connectivity index (χ3v) is 4.87. The zero-order valence-electron chi connectivity index (χ0n) is 14.4. The lowest BCUT2D eigenvalue weighted by atomic mass is 9.99. The largest absolute Gasteiger partial charge is 0.394 e. The summed E-state index contributed by atoms with van der Waals surface area (Å²) in [6.07, 6.45) is 3.83. The van der Waals surface area contributed by atoms with Gasteiger partial charge >= 0.3 is 6.03 Å². The molecular formula is C18H29N3O2. The molecule has 0 aromatic heterocycles. The molecule has 1 unspecified atom stereocenters. The molecule has 1 aliphatic rings. The van der Waals surface area contributed by atoms with Crippen LogP contribution in [0, 0.1) is 6.92 Å². The van der Waals surface area contributed by atoms with Crippen molar-refractivity contribution in [1.29, 1.82) is 0 Å². The number of nitrogens with one attached hydrogen (secondary N) is 2. The van der Waals surface area contributed by atoms with E-state index in [1.54, 1.807) is 0 Å². The number of hydrogen-bond donors (Lipinski definition) is 3. The fourth-order valence-corrected chi connectivity index (χ4v) is 3.38. The second-order valence-electron chi connectivity index (χ2n) is 6.82. The predicted molar refractivity (Wildman–Crippen MR) is 92.4 cm³/mol. The number of likely N-dealkylation sites (N-methyl/N-ethyl adjacent to an activating group) is 1. The fourth-order valence-electron chi connectivity index (χ4n) is 3.38. The van der Waals surface area contributed by atoms with Crippen LogP contribution in [0.25, 0.3) is 0 Å². The number of carbonyl (C=O) groups excluding carboxylic acids is 1. The summed E-state index contributed by atoms with van der Waals surface area (Å²) in [6, 6.07) is 8.17. The van der Waals surface area contributed by atoms with Crippen LogP contribution < -0.4 is 10.6 Å². The molecule has 5 heteroatoms. The van der Waals surface area contributed by atoms with E-state index in [-0.39, 0.29) is 18.7 Å². The Kier molecular flexibility index (Phi) is 6.02. The molecule has 0 radical (unpaired) electrons. The Morgan fingerprint density at radius 3 is 2.52 bits per heavy atom. The second-order valence-corrected chi connectivity index (χ2v) is 6.82. The molecule has 128 valence electrons. The van der Waals surface area contributed by atoms with Crippen molar-refractivity contribution >= 4 is 6.03 Å². The average molecular weight is 319 g/mol. The Morgan fingerprint density at radius 2 is 1.96 bits per heavy atom. The van der Waals surface area contributed by atoms with E-state index in [1.165, 1.54) is 11.1 Å². The zero-order valence-corrected chi connectivity index (χ0v) is 14.4. The van der Waals surface area contributed by atoms with Gasteiger partial charge in [-0.05, 0) is 45.0 Å². The maximum Gasteiger partial charge on any atom is 0.315 e. The Bertz CT molecular complexity index is 525. The Morgan fingerprint density at radius 1 is 1.30 bits per heavy atom. The monoisotopic (exact) mass is 319 g/mol. The SMILES string of the molecule is Cc1ccccc1C(CNC(=O)NC1(CO)CCCC1)N(C)C. The van der Waals surface area contributed by atoms with E-state index >= 15 is 0 Å². The number of hydrogen-bond acceptors (Lipinski definition) is 3. The van der Waals surface area contributed by atoms with Crippen LogP contribution in [0.4, 0.5) is 4.79 Å². The lowest BCUT2D eigenvalue weighted by Gasteiger charge is -2.30. The van der Waals surface area contributed by atoms with Crippen molar-refractivity contribution in [1.82, 2.24) is 15.5 Å². The number of aryl methyl sites for hydroxylation is 1. The summed E-state index contributed by atoms with van der Waals surface area (Å²) in [4.78, 5) is 14.4. The molecule has 5 nitrogen and oxygen atoms in total. The molecule has 2 rings (SSSR count). The topological polar surface area (TPSA) is 64.6 Å². The molecule has 1 atom stereocenters. The summed E-state index contributed by atoms with van der Waals surface area (Å²) in [7, 11) is 4.03. The number of nitrogens with zero attached hydrogens (tertiary/aromatic N) is 1. The number of urea groups is 1. The molecule has 1 saturated carbocycles. The molecule has 0 saturated heterocycles. The van der Waals surface area contributed by atoms with Crippen LogP contribution in [0.3, 0.4) is 0 Å². The van der Waals surface area contributed by atoms with Gasteiger partial charge < -0.3 is 20.6 Å². The molecular weight excluding hydrogens is 290 g/mol. The highest BCUT2D eigenvalue weighted by Gasteiger charge is 2.34. The zero-order chi connectivity index (χ0) is 16.9. The van der Waals surface area contributed by atoms with E-state index in [9.17, 15) is 9.90 Å². The maximum absolute atomic E-state index is 12.3. The van der Waals surface area contributed by atoms with Crippen molar-refractivity contribution in [2.24, 2.45) is 0 Å². The van der Waals surface area contributed by atoms with E-state index in [2.05, 4.69) is 34.6 Å². The van der Waals surface area contributed by atoms with Crippen LogP contribution in [0.15, 0.2) is 24.3 Å². The van der Waals surface area contributed by atoms with Gasteiger partial charge in [0, 0.05) is 6.54 Å².